The van der Waals surface area contributed by atoms with Crippen LogP contribution in [0.15, 0.2) is 65.8 Å². The van der Waals surface area contributed by atoms with Crippen molar-refractivity contribution in [1.82, 2.24) is 19.9 Å². The van der Waals surface area contributed by atoms with Gasteiger partial charge in [0.15, 0.2) is 18.0 Å². The Kier molecular flexibility index (Phi) is 5.62. The van der Waals surface area contributed by atoms with Gasteiger partial charge in [0.25, 0.3) is 0 Å². The molecule has 0 saturated carbocycles. The lowest BCUT2D eigenvalue weighted by Crippen LogP contribution is -2.42. The number of rotatable bonds is 3. The highest BCUT2D eigenvalue weighted by atomic mass is 19.1. The summed E-state index contributed by atoms with van der Waals surface area (Å²) in [7, 11) is 1.96. The summed E-state index contributed by atoms with van der Waals surface area (Å²) in [5.41, 5.74) is 2.41. The number of aromatic nitrogens is 4. The van der Waals surface area contributed by atoms with Gasteiger partial charge in [-0.2, -0.15) is 0 Å². The van der Waals surface area contributed by atoms with Crippen LogP contribution in [0, 0.1) is 5.82 Å². The van der Waals surface area contributed by atoms with Crippen LogP contribution in [0.2, 0.25) is 0 Å². The molecule has 4 aromatic heterocycles. The Bertz CT molecular complexity index is 1330. The van der Waals surface area contributed by atoms with E-state index in [2.05, 4.69) is 25.2 Å². The number of fused-ring (bicyclic) bond motifs is 1. The van der Waals surface area contributed by atoms with E-state index in [-0.39, 0.29) is 12.1 Å². The van der Waals surface area contributed by atoms with Crippen molar-refractivity contribution in [2.45, 2.75) is 19.4 Å². The maximum atomic E-state index is 13.8. The van der Waals surface area contributed by atoms with Gasteiger partial charge < -0.3 is 9.32 Å². The average molecular weight is 459 g/mol. The van der Waals surface area contributed by atoms with Gasteiger partial charge in [0, 0.05) is 31.4 Å². The molecule has 0 spiro atoms. The molecule has 2 amide bonds. The Morgan fingerprint density at radius 2 is 2.00 bits per heavy atom. The van der Waals surface area contributed by atoms with E-state index in [4.69, 9.17) is 9.40 Å². The first-order chi connectivity index (χ1) is 16.5. The number of pyridine rings is 3. The van der Waals surface area contributed by atoms with E-state index in [1.807, 2.05) is 20.0 Å². The van der Waals surface area contributed by atoms with Gasteiger partial charge in [-0.1, -0.05) is 6.07 Å². The summed E-state index contributed by atoms with van der Waals surface area (Å²) < 4.78 is 19.1. The summed E-state index contributed by atoms with van der Waals surface area (Å²) >= 11 is 0. The maximum absolute atomic E-state index is 13.8. The topological polar surface area (TPSA) is 100 Å². The van der Waals surface area contributed by atoms with Crippen molar-refractivity contribution in [2.24, 2.45) is 0 Å². The van der Waals surface area contributed by atoms with Crippen molar-refractivity contribution in [3.8, 4) is 22.7 Å². The first-order valence-corrected chi connectivity index (χ1v) is 10.8. The molecular weight excluding hydrogens is 437 g/mol. The van der Waals surface area contributed by atoms with E-state index >= 15 is 0 Å². The van der Waals surface area contributed by atoms with Gasteiger partial charge in [-0.3, -0.25) is 15.2 Å². The summed E-state index contributed by atoms with van der Waals surface area (Å²) in [4.78, 5) is 34.3. The minimum Gasteiger partial charge on any atom is -0.442 e. The fourth-order valence-corrected chi connectivity index (χ4v) is 3.92. The molecular formula is C24H22FN7O2. The average Bonchev–Trinajstić information content (AvgIpc) is 3.34. The molecule has 0 bridgehead atoms. The number of carbonyl (C=O) groups is 1. The molecule has 0 fully saturated rings. The first-order valence-electron chi connectivity index (χ1n) is 10.8. The molecule has 0 aliphatic carbocycles. The van der Waals surface area contributed by atoms with E-state index in [9.17, 15) is 9.18 Å². The second-order valence-corrected chi connectivity index (χ2v) is 8.06. The number of halogens is 1. The molecule has 1 aliphatic rings. The van der Waals surface area contributed by atoms with Crippen molar-refractivity contribution in [1.29, 1.82) is 0 Å². The quantitative estimate of drug-likeness (QED) is 0.478. The van der Waals surface area contributed by atoms with Crippen LogP contribution in [0.4, 0.5) is 26.5 Å². The van der Waals surface area contributed by atoms with Crippen molar-refractivity contribution >= 4 is 23.4 Å². The smallest absolute Gasteiger partial charge is 0.328 e. The van der Waals surface area contributed by atoms with E-state index < -0.39 is 5.82 Å². The normalized spacial score (nSPS) is 15.6. The molecule has 0 unspecified atom stereocenters. The molecule has 1 aliphatic heterocycles. The van der Waals surface area contributed by atoms with Crippen LogP contribution in [-0.2, 0) is 0 Å². The highest BCUT2D eigenvalue weighted by Crippen LogP contribution is 2.35. The molecule has 34 heavy (non-hydrogen) atoms. The van der Waals surface area contributed by atoms with Crippen LogP contribution in [-0.4, -0.2) is 45.6 Å². The third-order valence-corrected chi connectivity index (χ3v) is 5.71. The highest BCUT2D eigenvalue weighted by Gasteiger charge is 2.31. The number of anilines is 3. The summed E-state index contributed by atoms with van der Waals surface area (Å²) in [6.45, 7) is 2.72. The molecule has 1 N–H and O–H groups in total. The van der Waals surface area contributed by atoms with Crippen LogP contribution >= 0.6 is 0 Å². The number of nitrogens with zero attached hydrogens (tertiary/aromatic N) is 6. The number of carbonyl (C=O) groups excluding carboxylic acids is 1. The monoisotopic (exact) mass is 459 g/mol. The summed E-state index contributed by atoms with van der Waals surface area (Å²) in [5.74, 6) is 0.905. The highest BCUT2D eigenvalue weighted by molar-refractivity contribution is 6.03. The molecule has 172 valence electrons. The Hall–Kier alpha value is -4.34. The SMILES string of the molecule is C[C@@H]1CCN(C)c2ccc(-c3cncc(F)c3)nc2N1C(=O)Nc1cccc(-c2cnco2)n1. The van der Waals surface area contributed by atoms with Gasteiger partial charge in [-0.05, 0) is 43.7 Å². The van der Waals surface area contributed by atoms with Crippen LogP contribution in [0.5, 0.6) is 0 Å². The molecule has 4 aromatic rings. The fraction of sp³-hybridized carbons (Fsp3) is 0.208. The van der Waals surface area contributed by atoms with E-state index in [1.165, 1.54) is 12.5 Å². The predicted octanol–water partition coefficient (Wildman–Crippen LogP) is 4.60. The van der Waals surface area contributed by atoms with E-state index in [0.29, 0.717) is 34.3 Å². The summed E-state index contributed by atoms with van der Waals surface area (Å²) in [6, 6.07) is 9.81. The lowest BCUT2D eigenvalue weighted by atomic mass is 10.1. The zero-order chi connectivity index (χ0) is 23.7. The van der Waals surface area contributed by atoms with Crippen LogP contribution in [0.25, 0.3) is 22.7 Å². The number of amides is 2. The zero-order valence-electron chi connectivity index (χ0n) is 18.6. The molecule has 0 saturated heterocycles. The van der Waals surface area contributed by atoms with Crippen LogP contribution in [0.3, 0.4) is 0 Å². The summed E-state index contributed by atoms with van der Waals surface area (Å²) in [5, 5.41) is 2.88. The molecule has 1 atom stereocenters. The lowest BCUT2D eigenvalue weighted by molar-refractivity contribution is 0.255. The van der Waals surface area contributed by atoms with E-state index in [1.54, 1.807) is 41.6 Å². The van der Waals surface area contributed by atoms with Gasteiger partial charge in [0.1, 0.15) is 17.3 Å². The second kappa shape index (κ2) is 8.89. The minimum absolute atomic E-state index is 0.144. The van der Waals surface area contributed by atoms with Gasteiger partial charge >= 0.3 is 6.03 Å². The number of nitrogens with one attached hydrogen (secondary N) is 1. The third-order valence-electron chi connectivity index (χ3n) is 5.71. The van der Waals surface area contributed by atoms with Crippen molar-refractivity contribution < 1.29 is 13.6 Å². The molecule has 0 radical (unpaired) electrons. The summed E-state index contributed by atoms with van der Waals surface area (Å²) in [6.07, 6.45) is 6.31. The number of oxazole rings is 1. The van der Waals surface area contributed by atoms with Crippen LogP contribution < -0.4 is 15.1 Å². The van der Waals surface area contributed by atoms with E-state index in [0.717, 1.165) is 24.8 Å². The molecule has 5 heterocycles. The molecule has 0 aromatic carbocycles. The molecule has 9 nitrogen and oxygen atoms in total. The maximum Gasteiger partial charge on any atom is 0.328 e. The number of hydrogen-bond acceptors (Lipinski definition) is 7. The van der Waals surface area contributed by atoms with Gasteiger partial charge in [-0.25, -0.2) is 24.1 Å². The standard InChI is InChI=1S/C24H22FN7O2/c1-15-8-9-31(2)20-7-6-18(16-10-17(25)12-26-11-16)29-23(20)32(15)24(33)30-22-5-3-4-19(28-22)21-13-27-14-34-21/h3-7,10-15H,8-9H2,1-2H3,(H,28,30,33)/t15-/m1/s1. The lowest BCUT2D eigenvalue weighted by Gasteiger charge is -2.28. The Labute approximate surface area is 195 Å². The predicted molar refractivity (Wildman–Crippen MR) is 126 cm³/mol. The largest absolute Gasteiger partial charge is 0.442 e. The van der Waals surface area contributed by atoms with Crippen molar-refractivity contribution in [3.63, 3.8) is 0 Å². The number of hydrogen-bond donors (Lipinski definition) is 1. The van der Waals surface area contributed by atoms with Crippen molar-refractivity contribution in [2.75, 3.05) is 28.7 Å². The van der Waals surface area contributed by atoms with Crippen molar-refractivity contribution in [3.05, 3.63) is 67.2 Å². The van der Waals surface area contributed by atoms with Gasteiger partial charge in [0.2, 0.25) is 0 Å². The fourth-order valence-electron chi connectivity index (χ4n) is 3.92. The Morgan fingerprint density at radius 1 is 1.12 bits per heavy atom. The Morgan fingerprint density at radius 3 is 2.79 bits per heavy atom. The first kappa shape index (κ1) is 21.5. The minimum atomic E-state index is -0.452. The molecule has 5 rings (SSSR count). The number of urea groups is 1. The Balaban J connectivity index is 1.51. The third kappa shape index (κ3) is 4.17. The molecule has 10 heteroatoms. The van der Waals surface area contributed by atoms with Crippen LogP contribution in [0.1, 0.15) is 13.3 Å². The zero-order valence-corrected chi connectivity index (χ0v) is 18.6. The van der Waals surface area contributed by atoms with Gasteiger partial charge in [-0.15, -0.1) is 0 Å². The van der Waals surface area contributed by atoms with Gasteiger partial charge in [0.05, 0.1) is 23.8 Å². The second-order valence-electron chi connectivity index (χ2n) is 8.06.